The molecule has 0 N–H and O–H groups in total. The minimum Gasteiger partial charge on any atom is -0.423 e. The summed E-state index contributed by atoms with van der Waals surface area (Å²) in [6, 6.07) is 22.9. The number of imidazole rings is 1. The molecule has 0 saturated heterocycles. The van der Waals surface area contributed by atoms with E-state index in [-0.39, 0.29) is 6.04 Å². The molecule has 0 spiro atoms. The second-order valence-corrected chi connectivity index (χ2v) is 9.16. The Morgan fingerprint density at radius 1 is 0.935 bits per heavy atom. The van der Waals surface area contributed by atoms with E-state index in [1.165, 1.54) is 0 Å². The SMILES string of the molecule is CC(C)n1c(C=C(C(=O)Oc2ccc(Br)cc2)c2ccc(Br)cc2)nc2ccccc21. The molecule has 3 aromatic carbocycles. The number of nitrogens with zero attached hydrogens (tertiary/aromatic N) is 2. The maximum absolute atomic E-state index is 13.2. The maximum atomic E-state index is 13.2. The largest absolute Gasteiger partial charge is 0.423 e. The Bertz CT molecular complexity index is 1260. The number of halogens is 2. The highest BCUT2D eigenvalue weighted by molar-refractivity contribution is 9.10. The molecular weight excluding hydrogens is 520 g/mol. The van der Waals surface area contributed by atoms with Crippen molar-refractivity contribution in [2.75, 3.05) is 0 Å². The molecule has 0 radical (unpaired) electrons. The predicted molar refractivity (Wildman–Crippen MR) is 132 cm³/mol. The first kappa shape index (κ1) is 21.5. The molecule has 31 heavy (non-hydrogen) atoms. The second kappa shape index (κ2) is 9.20. The van der Waals surface area contributed by atoms with Gasteiger partial charge in [0.15, 0.2) is 0 Å². The number of benzene rings is 3. The van der Waals surface area contributed by atoms with Crippen molar-refractivity contribution in [2.24, 2.45) is 0 Å². The van der Waals surface area contributed by atoms with Crippen LogP contribution in [0.1, 0.15) is 31.3 Å². The Balaban J connectivity index is 1.83. The number of esters is 1. The fourth-order valence-corrected chi connectivity index (χ4v) is 3.92. The van der Waals surface area contributed by atoms with Crippen molar-refractivity contribution in [1.29, 1.82) is 0 Å². The topological polar surface area (TPSA) is 44.1 Å². The number of carbonyl (C=O) groups is 1. The van der Waals surface area contributed by atoms with Gasteiger partial charge in [-0.3, -0.25) is 0 Å². The molecule has 0 saturated carbocycles. The van der Waals surface area contributed by atoms with Crippen LogP contribution in [0.2, 0.25) is 0 Å². The fraction of sp³-hybridized carbons (Fsp3) is 0.120. The van der Waals surface area contributed by atoms with Gasteiger partial charge in [0.25, 0.3) is 0 Å². The van der Waals surface area contributed by atoms with Gasteiger partial charge < -0.3 is 9.30 Å². The third kappa shape index (κ3) is 4.81. The molecular formula is C25H20Br2N2O2. The highest BCUT2D eigenvalue weighted by atomic mass is 79.9. The van der Waals surface area contributed by atoms with Gasteiger partial charge in [0.1, 0.15) is 11.6 Å². The molecule has 0 aliphatic rings. The van der Waals surface area contributed by atoms with E-state index in [1.807, 2.05) is 66.7 Å². The summed E-state index contributed by atoms with van der Waals surface area (Å²) in [7, 11) is 0. The Kier molecular flexibility index (Phi) is 6.39. The van der Waals surface area contributed by atoms with Crippen molar-refractivity contribution < 1.29 is 9.53 Å². The molecule has 0 aliphatic carbocycles. The first-order valence-electron chi connectivity index (χ1n) is 9.85. The molecule has 1 aromatic heterocycles. The number of ether oxygens (including phenoxy) is 1. The van der Waals surface area contributed by atoms with Gasteiger partial charge in [-0.25, -0.2) is 9.78 Å². The second-order valence-electron chi connectivity index (χ2n) is 7.33. The molecule has 0 amide bonds. The van der Waals surface area contributed by atoms with Crippen LogP contribution in [0.4, 0.5) is 0 Å². The van der Waals surface area contributed by atoms with E-state index in [0.29, 0.717) is 17.1 Å². The van der Waals surface area contributed by atoms with Crippen LogP contribution in [0.25, 0.3) is 22.7 Å². The van der Waals surface area contributed by atoms with Gasteiger partial charge in [0.05, 0.1) is 16.6 Å². The third-order valence-electron chi connectivity index (χ3n) is 4.81. The first-order chi connectivity index (χ1) is 14.9. The molecule has 156 valence electrons. The summed E-state index contributed by atoms with van der Waals surface area (Å²) in [5.74, 6) is 0.752. The van der Waals surface area contributed by atoms with Gasteiger partial charge in [-0.05, 0) is 74.0 Å². The Morgan fingerprint density at radius 3 is 2.19 bits per heavy atom. The van der Waals surface area contributed by atoms with E-state index in [2.05, 4.69) is 50.3 Å². The molecule has 6 heteroatoms. The molecule has 0 unspecified atom stereocenters. The van der Waals surface area contributed by atoms with Gasteiger partial charge in [-0.15, -0.1) is 0 Å². The van der Waals surface area contributed by atoms with E-state index < -0.39 is 5.97 Å². The molecule has 0 fully saturated rings. The number of aromatic nitrogens is 2. The smallest absolute Gasteiger partial charge is 0.344 e. The molecule has 0 atom stereocenters. The van der Waals surface area contributed by atoms with Crippen molar-refractivity contribution >= 4 is 60.5 Å². The van der Waals surface area contributed by atoms with E-state index in [9.17, 15) is 4.79 Å². The lowest BCUT2D eigenvalue weighted by Crippen LogP contribution is -2.11. The van der Waals surface area contributed by atoms with Crippen LogP contribution in [-0.2, 0) is 4.79 Å². The van der Waals surface area contributed by atoms with Crippen LogP contribution in [0.15, 0.2) is 81.7 Å². The van der Waals surface area contributed by atoms with Crippen molar-refractivity contribution in [1.82, 2.24) is 9.55 Å². The summed E-state index contributed by atoms with van der Waals surface area (Å²) >= 11 is 6.86. The van der Waals surface area contributed by atoms with E-state index in [0.717, 1.165) is 25.5 Å². The molecule has 4 rings (SSSR count). The lowest BCUT2D eigenvalue weighted by molar-refractivity contribution is -0.127. The van der Waals surface area contributed by atoms with Crippen LogP contribution in [0.3, 0.4) is 0 Å². The number of fused-ring (bicyclic) bond motifs is 1. The Hall–Kier alpha value is -2.70. The maximum Gasteiger partial charge on any atom is 0.344 e. The Morgan fingerprint density at radius 2 is 1.55 bits per heavy atom. The van der Waals surface area contributed by atoms with E-state index in [4.69, 9.17) is 9.72 Å². The molecule has 0 bridgehead atoms. The van der Waals surface area contributed by atoms with Crippen LogP contribution < -0.4 is 4.74 Å². The first-order valence-corrected chi connectivity index (χ1v) is 11.4. The molecule has 1 heterocycles. The lowest BCUT2D eigenvalue weighted by Gasteiger charge is -2.13. The van der Waals surface area contributed by atoms with Crippen molar-refractivity contribution in [2.45, 2.75) is 19.9 Å². The fourth-order valence-electron chi connectivity index (χ4n) is 3.39. The molecule has 0 aliphatic heterocycles. The van der Waals surface area contributed by atoms with Crippen molar-refractivity contribution in [3.05, 3.63) is 93.1 Å². The minimum atomic E-state index is -0.438. The standard InChI is InChI=1S/C25H20Br2N2O2/c1-16(2)29-23-6-4-3-5-22(23)28-24(29)15-21(17-7-9-18(26)10-8-17)25(30)31-20-13-11-19(27)12-14-20/h3-16H,1-2H3. The lowest BCUT2D eigenvalue weighted by atomic mass is 10.1. The third-order valence-corrected chi connectivity index (χ3v) is 5.87. The quantitative estimate of drug-likeness (QED) is 0.152. The van der Waals surface area contributed by atoms with Crippen LogP contribution in [-0.4, -0.2) is 15.5 Å². The summed E-state index contributed by atoms with van der Waals surface area (Å²) < 4.78 is 9.67. The molecule has 4 aromatic rings. The number of hydrogen-bond donors (Lipinski definition) is 0. The summed E-state index contributed by atoms with van der Waals surface area (Å²) in [4.78, 5) is 18.0. The number of hydrogen-bond acceptors (Lipinski definition) is 3. The van der Waals surface area contributed by atoms with Crippen molar-refractivity contribution in [3.63, 3.8) is 0 Å². The summed E-state index contributed by atoms with van der Waals surface area (Å²) in [5, 5.41) is 0. The van der Waals surface area contributed by atoms with Gasteiger partial charge >= 0.3 is 5.97 Å². The zero-order valence-corrected chi connectivity index (χ0v) is 20.2. The minimum absolute atomic E-state index is 0.173. The van der Waals surface area contributed by atoms with Crippen LogP contribution in [0.5, 0.6) is 5.75 Å². The van der Waals surface area contributed by atoms with Gasteiger partial charge in [0, 0.05) is 15.0 Å². The van der Waals surface area contributed by atoms with Gasteiger partial charge in [0.2, 0.25) is 0 Å². The normalized spacial score (nSPS) is 11.8. The van der Waals surface area contributed by atoms with Crippen LogP contribution >= 0.6 is 31.9 Å². The van der Waals surface area contributed by atoms with Crippen LogP contribution in [0, 0.1) is 0 Å². The molecule has 4 nitrogen and oxygen atoms in total. The summed E-state index contributed by atoms with van der Waals surface area (Å²) in [6.45, 7) is 4.20. The van der Waals surface area contributed by atoms with E-state index in [1.54, 1.807) is 12.1 Å². The average molecular weight is 540 g/mol. The number of carbonyl (C=O) groups excluding carboxylic acids is 1. The zero-order valence-electron chi connectivity index (χ0n) is 17.0. The number of rotatable bonds is 5. The highest BCUT2D eigenvalue weighted by Gasteiger charge is 2.19. The number of para-hydroxylation sites is 2. The summed E-state index contributed by atoms with van der Waals surface area (Å²) in [5.41, 5.74) is 3.11. The van der Waals surface area contributed by atoms with E-state index >= 15 is 0 Å². The highest BCUT2D eigenvalue weighted by Crippen LogP contribution is 2.27. The van der Waals surface area contributed by atoms with Crippen molar-refractivity contribution in [3.8, 4) is 5.75 Å². The monoisotopic (exact) mass is 538 g/mol. The Labute approximate surface area is 197 Å². The van der Waals surface area contributed by atoms with Gasteiger partial charge in [-0.2, -0.15) is 0 Å². The zero-order chi connectivity index (χ0) is 22.0. The van der Waals surface area contributed by atoms with Gasteiger partial charge in [-0.1, -0.05) is 56.1 Å². The predicted octanol–water partition coefficient (Wildman–Crippen LogP) is 7.29. The summed E-state index contributed by atoms with van der Waals surface area (Å²) in [6.07, 6.45) is 1.81. The average Bonchev–Trinajstić information content (AvgIpc) is 3.12.